The van der Waals surface area contributed by atoms with Gasteiger partial charge in [0, 0.05) is 62.5 Å². The zero-order chi connectivity index (χ0) is 14.8. The minimum Gasteiger partial charge on any atom is -0.381 e. The average Bonchev–Trinajstić information content (AvgIpc) is 3.01. The molecule has 4 nitrogen and oxygen atoms in total. The van der Waals surface area contributed by atoms with Gasteiger partial charge in [-0.05, 0) is 30.4 Å². The van der Waals surface area contributed by atoms with E-state index >= 15 is 0 Å². The molecular weight excluding hydrogens is 345 g/mol. The number of fused-ring (bicyclic) bond motifs is 1. The van der Waals surface area contributed by atoms with E-state index in [2.05, 4.69) is 45.7 Å². The lowest BCUT2D eigenvalue weighted by Gasteiger charge is -2.40. The molecule has 0 amide bonds. The number of nitrogens with one attached hydrogen (secondary N) is 2. The monoisotopic (exact) mass is 371 g/mol. The van der Waals surface area contributed by atoms with Gasteiger partial charge in [-0.1, -0.05) is 18.2 Å². The van der Waals surface area contributed by atoms with Crippen LogP contribution in [-0.2, 0) is 4.74 Å². The number of para-hydroxylation sites is 1. The zero-order valence-electron chi connectivity index (χ0n) is 13.9. The number of hydrogen-bond donors (Lipinski definition) is 2. The van der Waals surface area contributed by atoms with Crippen LogP contribution in [0.4, 0.5) is 0 Å². The lowest BCUT2D eigenvalue weighted by Crippen LogP contribution is -2.47. The van der Waals surface area contributed by atoms with E-state index in [1.165, 1.54) is 29.3 Å². The fourth-order valence-corrected chi connectivity index (χ4v) is 4.08. The van der Waals surface area contributed by atoms with Crippen LogP contribution in [0.3, 0.4) is 0 Å². The fourth-order valence-electron chi connectivity index (χ4n) is 4.08. The Balaban J connectivity index is 0.00000104. The minimum atomic E-state index is 0. The molecule has 0 bridgehead atoms. The van der Waals surface area contributed by atoms with Gasteiger partial charge < -0.3 is 15.0 Å². The van der Waals surface area contributed by atoms with Crippen molar-refractivity contribution in [3.63, 3.8) is 0 Å². The maximum atomic E-state index is 5.60. The van der Waals surface area contributed by atoms with Crippen molar-refractivity contribution in [2.75, 3.05) is 39.4 Å². The molecule has 2 fully saturated rings. The van der Waals surface area contributed by atoms with Gasteiger partial charge in [-0.3, -0.25) is 4.90 Å². The molecule has 24 heavy (non-hydrogen) atoms. The van der Waals surface area contributed by atoms with E-state index in [9.17, 15) is 0 Å². The standard InChI is InChI=1S/C18H25N3O.2ClH/c1-2-4-17-15(3-1)16(13-20-17)18(14-5-11-22-12-6-14)21-9-7-19-8-10-21;;/h1-4,13-14,18-20H,5-12H2;2*1H/t18-;;/m0../s1. The molecule has 0 spiro atoms. The minimum absolute atomic E-state index is 0. The van der Waals surface area contributed by atoms with Crippen LogP contribution < -0.4 is 5.32 Å². The highest BCUT2D eigenvalue weighted by molar-refractivity contribution is 5.85. The molecule has 4 rings (SSSR count). The van der Waals surface area contributed by atoms with E-state index < -0.39 is 0 Å². The normalized spacial score (nSPS) is 21.0. The third-order valence-corrected chi connectivity index (χ3v) is 5.20. The van der Waals surface area contributed by atoms with Gasteiger partial charge in [0.15, 0.2) is 0 Å². The molecule has 134 valence electrons. The number of hydrogen-bond acceptors (Lipinski definition) is 3. The Morgan fingerprint density at radius 1 is 1.04 bits per heavy atom. The van der Waals surface area contributed by atoms with Crippen LogP contribution in [0.25, 0.3) is 10.9 Å². The summed E-state index contributed by atoms with van der Waals surface area (Å²) in [5.74, 6) is 0.700. The Bertz CT molecular complexity index is 604. The SMILES string of the molecule is Cl.Cl.c1ccc2c([C@H](C3CCOCC3)N3CCNCC3)c[nH]c2c1. The molecule has 2 saturated heterocycles. The number of rotatable bonds is 3. The molecule has 0 saturated carbocycles. The molecule has 2 N–H and O–H groups in total. The Labute approximate surface area is 156 Å². The van der Waals surface area contributed by atoms with Crippen LogP contribution in [0, 0.1) is 5.92 Å². The molecule has 6 heteroatoms. The summed E-state index contributed by atoms with van der Waals surface area (Å²) in [7, 11) is 0. The van der Waals surface area contributed by atoms with Crippen LogP contribution in [0.2, 0.25) is 0 Å². The second kappa shape index (κ2) is 9.07. The number of piperazine rings is 1. The molecule has 3 heterocycles. The van der Waals surface area contributed by atoms with Crippen LogP contribution >= 0.6 is 24.8 Å². The molecule has 1 aromatic carbocycles. The van der Waals surface area contributed by atoms with Gasteiger partial charge in [0.2, 0.25) is 0 Å². The molecular formula is C18H27Cl2N3O. The quantitative estimate of drug-likeness (QED) is 0.868. The predicted octanol–water partition coefficient (Wildman–Crippen LogP) is 3.38. The molecule has 2 aliphatic rings. The highest BCUT2D eigenvalue weighted by Gasteiger charge is 2.32. The van der Waals surface area contributed by atoms with Crippen LogP contribution in [0.1, 0.15) is 24.4 Å². The summed E-state index contributed by atoms with van der Waals surface area (Å²) < 4.78 is 5.60. The number of ether oxygens (including phenoxy) is 1. The summed E-state index contributed by atoms with van der Waals surface area (Å²) in [5.41, 5.74) is 2.73. The summed E-state index contributed by atoms with van der Waals surface area (Å²) in [4.78, 5) is 6.16. The van der Waals surface area contributed by atoms with Gasteiger partial charge >= 0.3 is 0 Å². The van der Waals surface area contributed by atoms with Gasteiger partial charge in [-0.25, -0.2) is 0 Å². The first-order valence-electron chi connectivity index (χ1n) is 8.52. The van der Waals surface area contributed by atoms with Crippen LogP contribution in [0.15, 0.2) is 30.5 Å². The van der Waals surface area contributed by atoms with Gasteiger partial charge in [-0.2, -0.15) is 0 Å². The molecule has 0 radical (unpaired) electrons. The highest BCUT2D eigenvalue weighted by atomic mass is 35.5. The smallest absolute Gasteiger partial charge is 0.0469 e. The highest BCUT2D eigenvalue weighted by Crippen LogP contribution is 2.38. The van der Waals surface area contributed by atoms with Gasteiger partial charge in [0.05, 0.1) is 0 Å². The van der Waals surface area contributed by atoms with E-state index in [4.69, 9.17) is 4.74 Å². The van der Waals surface area contributed by atoms with Crippen molar-refractivity contribution in [3.8, 4) is 0 Å². The lowest BCUT2D eigenvalue weighted by molar-refractivity contribution is 0.0217. The molecule has 2 aliphatic heterocycles. The summed E-state index contributed by atoms with van der Waals surface area (Å²) in [6.07, 6.45) is 4.59. The van der Waals surface area contributed by atoms with E-state index in [0.717, 1.165) is 39.4 Å². The van der Waals surface area contributed by atoms with E-state index in [1.807, 2.05) is 0 Å². The second-order valence-electron chi connectivity index (χ2n) is 6.47. The van der Waals surface area contributed by atoms with Crippen molar-refractivity contribution in [2.45, 2.75) is 18.9 Å². The summed E-state index contributed by atoms with van der Waals surface area (Å²) >= 11 is 0. The first kappa shape index (κ1) is 19.5. The second-order valence-corrected chi connectivity index (χ2v) is 6.47. The number of H-pyrrole nitrogens is 1. The number of aromatic amines is 1. The molecule has 0 unspecified atom stereocenters. The average molecular weight is 372 g/mol. The Morgan fingerprint density at radius 3 is 2.50 bits per heavy atom. The Morgan fingerprint density at radius 2 is 1.75 bits per heavy atom. The van der Waals surface area contributed by atoms with Crippen molar-refractivity contribution in [3.05, 3.63) is 36.0 Å². The van der Waals surface area contributed by atoms with Crippen molar-refractivity contribution >= 4 is 35.7 Å². The number of benzene rings is 1. The zero-order valence-corrected chi connectivity index (χ0v) is 15.5. The van der Waals surface area contributed by atoms with E-state index in [-0.39, 0.29) is 24.8 Å². The van der Waals surface area contributed by atoms with Crippen LogP contribution in [-0.4, -0.2) is 49.3 Å². The third-order valence-electron chi connectivity index (χ3n) is 5.20. The van der Waals surface area contributed by atoms with Gasteiger partial charge in [0.1, 0.15) is 0 Å². The Kier molecular flexibility index (Phi) is 7.38. The molecule has 1 atom stereocenters. The number of halogens is 2. The predicted molar refractivity (Wildman–Crippen MR) is 104 cm³/mol. The van der Waals surface area contributed by atoms with Crippen molar-refractivity contribution in [2.24, 2.45) is 5.92 Å². The van der Waals surface area contributed by atoms with Crippen molar-refractivity contribution in [1.82, 2.24) is 15.2 Å². The first-order valence-corrected chi connectivity index (χ1v) is 8.52. The van der Waals surface area contributed by atoms with Gasteiger partial charge in [0.25, 0.3) is 0 Å². The van der Waals surface area contributed by atoms with Crippen LogP contribution in [0.5, 0.6) is 0 Å². The summed E-state index contributed by atoms with van der Waals surface area (Å²) in [5, 5.41) is 4.87. The number of aromatic nitrogens is 1. The summed E-state index contributed by atoms with van der Waals surface area (Å²) in [6.45, 7) is 6.30. The molecule has 1 aromatic heterocycles. The van der Waals surface area contributed by atoms with E-state index in [0.29, 0.717) is 12.0 Å². The maximum absolute atomic E-state index is 5.60. The fraction of sp³-hybridized carbons (Fsp3) is 0.556. The van der Waals surface area contributed by atoms with Crippen molar-refractivity contribution < 1.29 is 4.74 Å². The molecule has 2 aromatic rings. The van der Waals surface area contributed by atoms with E-state index in [1.54, 1.807) is 0 Å². The summed E-state index contributed by atoms with van der Waals surface area (Å²) in [6, 6.07) is 9.21. The maximum Gasteiger partial charge on any atom is 0.0469 e. The van der Waals surface area contributed by atoms with Gasteiger partial charge in [-0.15, -0.1) is 24.8 Å². The third kappa shape index (κ3) is 3.89. The van der Waals surface area contributed by atoms with Crippen molar-refractivity contribution in [1.29, 1.82) is 0 Å². The topological polar surface area (TPSA) is 40.3 Å². The number of nitrogens with zero attached hydrogens (tertiary/aromatic N) is 1. The molecule has 0 aliphatic carbocycles. The largest absolute Gasteiger partial charge is 0.381 e. The Hall–Kier alpha value is -0.780. The first-order chi connectivity index (χ1) is 10.9. The lowest BCUT2D eigenvalue weighted by atomic mass is 9.85.